The summed E-state index contributed by atoms with van der Waals surface area (Å²) in [6, 6.07) is 4.59. The first-order valence-corrected chi connectivity index (χ1v) is 4.30. The molecule has 0 aliphatic rings. The van der Waals surface area contributed by atoms with Crippen LogP contribution in [0.25, 0.3) is 0 Å². The summed E-state index contributed by atoms with van der Waals surface area (Å²) in [5, 5.41) is 8.71. The van der Waals surface area contributed by atoms with Crippen LogP contribution in [0.3, 0.4) is 0 Å². The molecule has 72 valence electrons. The lowest BCUT2D eigenvalue weighted by Crippen LogP contribution is -2.07. The summed E-state index contributed by atoms with van der Waals surface area (Å²) in [4.78, 5) is 15.0. The summed E-state index contributed by atoms with van der Waals surface area (Å²) < 4.78 is 4.71. The van der Waals surface area contributed by atoms with Gasteiger partial charge in [0.15, 0.2) is 5.69 Å². The smallest absolute Gasteiger partial charge is 0.357 e. The number of hydrogen-bond donors (Lipinski definition) is 0. The van der Waals surface area contributed by atoms with E-state index in [9.17, 15) is 4.79 Å². The number of halogens is 1. The minimum Gasteiger partial charge on any atom is -0.461 e. The number of carbonyl (C=O) groups is 1. The third-order valence-corrected chi connectivity index (χ3v) is 1.60. The molecule has 0 saturated carbocycles. The number of aromatic nitrogens is 1. The van der Waals surface area contributed by atoms with E-state index in [-0.39, 0.29) is 23.0 Å². The van der Waals surface area contributed by atoms with Crippen LogP contribution in [0, 0.1) is 11.3 Å². The lowest BCUT2D eigenvalue weighted by Gasteiger charge is -2.01. The quantitative estimate of drug-likeness (QED) is 0.551. The third kappa shape index (κ3) is 2.44. The Kier molecular flexibility index (Phi) is 3.43. The Labute approximate surface area is 86.1 Å². The molecule has 5 heteroatoms. The van der Waals surface area contributed by atoms with E-state index in [4.69, 9.17) is 21.6 Å². The van der Waals surface area contributed by atoms with Gasteiger partial charge in [0, 0.05) is 0 Å². The van der Waals surface area contributed by atoms with Gasteiger partial charge in [-0.1, -0.05) is 11.6 Å². The Morgan fingerprint density at radius 1 is 1.71 bits per heavy atom. The monoisotopic (exact) mass is 210 g/mol. The molecule has 0 aromatic carbocycles. The number of esters is 1. The molecular formula is C9H7ClN2O2. The van der Waals surface area contributed by atoms with Crippen LogP contribution in [0.1, 0.15) is 23.0 Å². The van der Waals surface area contributed by atoms with Crippen molar-refractivity contribution < 1.29 is 9.53 Å². The van der Waals surface area contributed by atoms with E-state index in [1.807, 2.05) is 6.07 Å². The van der Waals surface area contributed by atoms with Gasteiger partial charge in [-0.25, -0.2) is 9.78 Å². The topological polar surface area (TPSA) is 63.0 Å². The number of hydrogen-bond acceptors (Lipinski definition) is 4. The lowest BCUT2D eigenvalue weighted by molar-refractivity contribution is 0.0519. The maximum absolute atomic E-state index is 11.2. The highest BCUT2D eigenvalue weighted by atomic mass is 35.5. The van der Waals surface area contributed by atoms with Crippen molar-refractivity contribution in [3.8, 4) is 6.07 Å². The molecule has 0 unspecified atom stereocenters. The van der Waals surface area contributed by atoms with E-state index >= 15 is 0 Å². The van der Waals surface area contributed by atoms with Gasteiger partial charge in [-0.05, 0) is 19.1 Å². The second kappa shape index (κ2) is 4.58. The molecule has 1 aromatic rings. The molecule has 0 N–H and O–H groups in total. The van der Waals surface area contributed by atoms with Gasteiger partial charge in [0.05, 0.1) is 18.2 Å². The highest BCUT2D eigenvalue weighted by Gasteiger charge is 2.10. The molecule has 0 fully saturated rings. The number of ether oxygens (including phenoxy) is 1. The molecule has 4 nitrogen and oxygen atoms in total. The van der Waals surface area contributed by atoms with Crippen molar-refractivity contribution in [2.45, 2.75) is 6.92 Å². The lowest BCUT2D eigenvalue weighted by atomic mass is 10.2. The molecule has 14 heavy (non-hydrogen) atoms. The maximum Gasteiger partial charge on any atom is 0.357 e. The Bertz CT molecular complexity index is 398. The molecule has 0 aliphatic carbocycles. The Balaban J connectivity index is 3.04. The molecule has 0 spiro atoms. The van der Waals surface area contributed by atoms with Crippen LogP contribution >= 0.6 is 11.6 Å². The first kappa shape index (κ1) is 10.5. The average molecular weight is 211 g/mol. The minimum absolute atomic E-state index is 0.0518. The molecule has 0 saturated heterocycles. The zero-order valence-corrected chi connectivity index (χ0v) is 8.21. The van der Waals surface area contributed by atoms with Crippen LogP contribution in [0.15, 0.2) is 12.1 Å². The molecule has 0 aliphatic heterocycles. The molecule has 0 bridgehead atoms. The van der Waals surface area contributed by atoms with Crippen LogP contribution in [0.2, 0.25) is 5.15 Å². The highest BCUT2D eigenvalue weighted by Crippen LogP contribution is 2.10. The number of nitriles is 1. The van der Waals surface area contributed by atoms with Gasteiger partial charge >= 0.3 is 5.97 Å². The van der Waals surface area contributed by atoms with Crippen LogP contribution in [-0.4, -0.2) is 17.6 Å². The molecule has 0 radical (unpaired) electrons. The second-order valence-electron chi connectivity index (χ2n) is 2.40. The normalized spacial score (nSPS) is 9.21. The summed E-state index contributed by atoms with van der Waals surface area (Å²) in [6.07, 6.45) is 0. The fourth-order valence-electron chi connectivity index (χ4n) is 0.871. The largest absolute Gasteiger partial charge is 0.461 e. The Hall–Kier alpha value is -1.60. The van der Waals surface area contributed by atoms with Gasteiger partial charge in [0.2, 0.25) is 0 Å². The highest BCUT2D eigenvalue weighted by molar-refractivity contribution is 6.29. The predicted molar refractivity (Wildman–Crippen MR) is 49.9 cm³/mol. The van der Waals surface area contributed by atoms with Crippen LogP contribution in [0.5, 0.6) is 0 Å². The molecule has 1 heterocycles. The van der Waals surface area contributed by atoms with Crippen molar-refractivity contribution >= 4 is 17.6 Å². The Morgan fingerprint density at radius 2 is 2.43 bits per heavy atom. The number of nitrogens with zero attached hydrogens (tertiary/aromatic N) is 2. The summed E-state index contributed by atoms with van der Waals surface area (Å²) in [5.74, 6) is -0.577. The van der Waals surface area contributed by atoms with Crippen molar-refractivity contribution in [2.75, 3.05) is 6.61 Å². The van der Waals surface area contributed by atoms with Gasteiger partial charge in [0.25, 0.3) is 0 Å². The van der Waals surface area contributed by atoms with E-state index in [0.717, 1.165) is 0 Å². The van der Waals surface area contributed by atoms with Gasteiger partial charge in [-0.3, -0.25) is 0 Å². The van der Waals surface area contributed by atoms with E-state index < -0.39 is 5.97 Å². The Morgan fingerprint density at radius 3 is 3.00 bits per heavy atom. The summed E-state index contributed by atoms with van der Waals surface area (Å²) in [7, 11) is 0. The first-order chi connectivity index (χ1) is 6.67. The van der Waals surface area contributed by atoms with E-state index in [1.165, 1.54) is 12.1 Å². The van der Waals surface area contributed by atoms with Gasteiger partial charge in [0.1, 0.15) is 5.15 Å². The SMILES string of the molecule is CCOC(=O)c1cc(C#N)cc(Cl)n1. The number of pyridine rings is 1. The van der Waals surface area contributed by atoms with Crippen molar-refractivity contribution in [1.82, 2.24) is 4.98 Å². The van der Waals surface area contributed by atoms with Gasteiger partial charge in [-0.15, -0.1) is 0 Å². The van der Waals surface area contributed by atoms with Gasteiger partial charge in [-0.2, -0.15) is 5.26 Å². The van der Waals surface area contributed by atoms with Crippen LogP contribution in [-0.2, 0) is 4.74 Å². The summed E-state index contributed by atoms with van der Waals surface area (Å²) in [6.45, 7) is 1.95. The van der Waals surface area contributed by atoms with Crippen molar-refractivity contribution in [2.24, 2.45) is 0 Å². The summed E-state index contributed by atoms with van der Waals surface area (Å²) in [5.41, 5.74) is 0.337. The second-order valence-corrected chi connectivity index (χ2v) is 2.78. The zero-order valence-electron chi connectivity index (χ0n) is 7.45. The fourth-order valence-corrected chi connectivity index (χ4v) is 1.08. The average Bonchev–Trinajstić information content (AvgIpc) is 2.17. The maximum atomic E-state index is 11.2. The van der Waals surface area contributed by atoms with Crippen LogP contribution in [0.4, 0.5) is 0 Å². The standard InChI is InChI=1S/C9H7ClN2O2/c1-2-14-9(13)7-3-6(5-11)4-8(10)12-7/h3-4H,2H2,1H3. The molecular weight excluding hydrogens is 204 g/mol. The van der Waals surface area contributed by atoms with Gasteiger partial charge < -0.3 is 4.74 Å². The van der Waals surface area contributed by atoms with Crippen molar-refractivity contribution in [3.05, 3.63) is 28.5 Å². The summed E-state index contributed by atoms with van der Waals surface area (Å²) >= 11 is 5.60. The first-order valence-electron chi connectivity index (χ1n) is 3.92. The zero-order chi connectivity index (χ0) is 10.6. The molecule has 0 amide bonds. The van der Waals surface area contributed by atoms with E-state index in [1.54, 1.807) is 6.92 Å². The number of carbonyl (C=O) groups excluding carboxylic acids is 1. The number of rotatable bonds is 2. The minimum atomic E-state index is -0.577. The van der Waals surface area contributed by atoms with E-state index in [2.05, 4.69) is 4.98 Å². The van der Waals surface area contributed by atoms with Crippen molar-refractivity contribution in [1.29, 1.82) is 5.26 Å². The van der Waals surface area contributed by atoms with Crippen LogP contribution < -0.4 is 0 Å². The molecule has 0 atom stereocenters. The fraction of sp³-hybridized carbons (Fsp3) is 0.222. The van der Waals surface area contributed by atoms with Crippen molar-refractivity contribution in [3.63, 3.8) is 0 Å². The molecule has 1 aromatic heterocycles. The predicted octanol–water partition coefficient (Wildman–Crippen LogP) is 1.78. The van der Waals surface area contributed by atoms with E-state index in [0.29, 0.717) is 0 Å². The third-order valence-electron chi connectivity index (χ3n) is 1.41. The molecule has 1 rings (SSSR count).